The average Bonchev–Trinajstić information content (AvgIpc) is 3.42. The lowest BCUT2D eigenvalue weighted by Crippen LogP contribution is -2.22. The number of hydrogen-bond donors (Lipinski definition) is 2. The van der Waals surface area contributed by atoms with Gasteiger partial charge in [0.15, 0.2) is 0 Å². The molecule has 4 aromatic rings. The molecule has 170 valence electrons. The van der Waals surface area contributed by atoms with Crippen LogP contribution in [0.15, 0.2) is 36.7 Å². The normalized spacial score (nSPS) is 11.4. The van der Waals surface area contributed by atoms with Gasteiger partial charge in [-0.15, -0.1) is 21.5 Å². The first-order chi connectivity index (χ1) is 15.7. The molecule has 0 bridgehead atoms. The van der Waals surface area contributed by atoms with Gasteiger partial charge < -0.3 is 5.32 Å². The van der Waals surface area contributed by atoms with Crippen LogP contribution in [0.1, 0.15) is 51.6 Å². The van der Waals surface area contributed by atoms with Crippen molar-refractivity contribution in [3.05, 3.63) is 62.7 Å². The molecule has 0 fully saturated rings. The topological polar surface area (TPSA) is 106 Å². The summed E-state index contributed by atoms with van der Waals surface area (Å²) < 4.78 is 0. The Morgan fingerprint density at radius 3 is 2.55 bits per heavy atom. The van der Waals surface area contributed by atoms with Crippen molar-refractivity contribution in [3.63, 3.8) is 0 Å². The van der Waals surface area contributed by atoms with E-state index in [0.717, 1.165) is 32.4 Å². The molecule has 0 unspecified atom stereocenters. The monoisotopic (exact) mass is 479 g/mol. The number of nitrogens with zero attached hydrogens (tertiary/aromatic N) is 5. The Hall–Kier alpha value is -3.24. The van der Waals surface area contributed by atoms with Gasteiger partial charge in [-0.3, -0.25) is 10.1 Å². The molecule has 0 atom stereocenters. The first-order valence-corrected chi connectivity index (χ1v) is 12.1. The Morgan fingerprint density at radius 1 is 1.06 bits per heavy atom. The van der Waals surface area contributed by atoms with E-state index < -0.39 is 0 Å². The fourth-order valence-corrected chi connectivity index (χ4v) is 4.54. The summed E-state index contributed by atoms with van der Waals surface area (Å²) in [6.45, 7) is 10.6. The first-order valence-electron chi connectivity index (χ1n) is 10.4. The van der Waals surface area contributed by atoms with Gasteiger partial charge >= 0.3 is 0 Å². The number of benzene rings is 1. The first kappa shape index (κ1) is 22.9. The molecular weight excluding hydrogens is 454 g/mol. The summed E-state index contributed by atoms with van der Waals surface area (Å²) >= 11 is 2.89. The number of hydrogen-bond acceptors (Lipinski definition) is 9. The van der Waals surface area contributed by atoms with Crippen molar-refractivity contribution in [1.29, 1.82) is 0 Å². The summed E-state index contributed by atoms with van der Waals surface area (Å²) in [4.78, 5) is 26.5. The molecule has 3 aromatic heterocycles. The van der Waals surface area contributed by atoms with Crippen molar-refractivity contribution in [2.24, 2.45) is 0 Å². The summed E-state index contributed by atoms with van der Waals surface area (Å²) in [5, 5.41) is 16.6. The van der Waals surface area contributed by atoms with E-state index >= 15 is 0 Å². The van der Waals surface area contributed by atoms with Gasteiger partial charge in [0.1, 0.15) is 9.88 Å². The molecule has 4 rings (SSSR count). The summed E-state index contributed by atoms with van der Waals surface area (Å²) in [5.41, 5.74) is 3.82. The maximum atomic E-state index is 12.6. The third-order valence-corrected chi connectivity index (χ3v) is 7.03. The Kier molecular flexibility index (Phi) is 6.48. The Balaban J connectivity index is 1.43. The minimum Gasteiger partial charge on any atom is -0.347 e. The number of amides is 1. The Morgan fingerprint density at radius 2 is 1.88 bits per heavy atom. The number of thiazole rings is 1. The second kappa shape index (κ2) is 9.32. The molecule has 2 N–H and O–H groups in total. The van der Waals surface area contributed by atoms with Crippen LogP contribution in [-0.4, -0.2) is 31.1 Å². The molecule has 0 spiro atoms. The number of carbonyl (C=O) groups is 1. The van der Waals surface area contributed by atoms with Crippen molar-refractivity contribution >= 4 is 39.7 Å². The quantitative estimate of drug-likeness (QED) is 0.399. The lowest BCUT2D eigenvalue weighted by molar-refractivity contribution is 0.0954. The summed E-state index contributed by atoms with van der Waals surface area (Å²) in [6.07, 6.45) is 3.36. The molecule has 0 saturated heterocycles. The predicted molar refractivity (Wildman–Crippen MR) is 132 cm³/mol. The van der Waals surface area contributed by atoms with Crippen LogP contribution >= 0.6 is 22.7 Å². The number of aromatic nitrogens is 5. The van der Waals surface area contributed by atoms with E-state index in [2.05, 4.69) is 62.6 Å². The van der Waals surface area contributed by atoms with Gasteiger partial charge in [0.05, 0.1) is 16.9 Å². The smallest absolute Gasteiger partial charge is 0.263 e. The third-order valence-electron chi connectivity index (χ3n) is 4.85. The summed E-state index contributed by atoms with van der Waals surface area (Å²) in [7, 11) is 0. The highest BCUT2D eigenvalue weighted by Crippen LogP contribution is 2.27. The Bertz CT molecular complexity index is 1290. The van der Waals surface area contributed by atoms with Gasteiger partial charge in [0.25, 0.3) is 5.91 Å². The van der Waals surface area contributed by atoms with E-state index in [1.54, 1.807) is 12.4 Å². The Labute approximate surface area is 200 Å². The van der Waals surface area contributed by atoms with Gasteiger partial charge in [-0.05, 0) is 37.1 Å². The van der Waals surface area contributed by atoms with E-state index in [1.165, 1.54) is 22.7 Å². The average molecular weight is 480 g/mol. The van der Waals surface area contributed by atoms with Crippen LogP contribution in [0.5, 0.6) is 0 Å². The third kappa shape index (κ3) is 5.58. The molecule has 1 amide bonds. The van der Waals surface area contributed by atoms with Crippen LogP contribution < -0.4 is 10.6 Å². The van der Waals surface area contributed by atoms with Crippen LogP contribution in [0.3, 0.4) is 0 Å². The van der Waals surface area contributed by atoms with Crippen molar-refractivity contribution in [2.75, 3.05) is 5.32 Å². The maximum Gasteiger partial charge on any atom is 0.263 e. The second-order valence-corrected chi connectivity index (χ2v) is 10.8. The van der Waals surface area contributed by atoms with E-state index in [1.807, 2.05) is 32.0 Å². The molecule has 0 saturated carbocycles. The van der Waals surface area contributed by atoms with Crippen LogP contribution in [-0.2, 0) is 12.0 Å². The largest absolute Gasteiger partial charge is 0.347 e. The molecule has 0 aliphatic carbocycles. The summed E-state index contributed by atoms with van der Waals surface area (Å²) in [6, 6.07) is 7.94. The van der Waals surface area contributed by atoms with Crippen molar-refractivity contribution < 1.29 is 4.79 Å². The SMILES string of the molecule is Cc1nnc(Nc2nccc(-c3ccc(CNC(=O)c4cnc(C(C)(C)C)s4)c(C)c3)n2)s1. The highest BCUT2D eigenvalue weighted by Gasteiger charge is 2.20. The molecule has 3 heterocycles. The minimum absolute atomic E-state index is 0.0674. The number of aryl methyl sites for hydroxylation is 2. The zero-order valence-corrected chi connectivity index (χ0v) is 20.8. The standard InChI is InChI=1S/C23H25N7OS2/c1-13-10-15(17-8-9-24-21(27-17)28-22-30-29-14(2)32-22)6-7-16(13)11-25-19(31)18-12-26-20(33-18)23(3,4)5/h6-10,12H,11H2,1-5H3,(H,25,31)(H,24,27,28,30). The van der Waals surface area contributed by atoms with E-state index in [9.17, 15) is 4.79 Å². The van der Waals surface area contributed by atoms with E-state index in [-0.39, 0.29) is 11.3 Å². The second-order valence-electron chi connectivity index (χ2n) is 8.62. The van der Waals surface area contributed by atoms with Crippen LogP contribution in [0, 0.1) is 13.8 Å². The van der Waals surface area contributed by atoms with E-state index in [0.29, 0.717) is 22.5 Å². The molecule has 0 aliphatic heterocycles. The zero-order valence-electron chi connectivity index (χ0n) is 19.1. The molecule has 1 aromatic carbocycles. The predicted octanol–water partition coefficient (Wildman–Crippen LogP) is 5.04. The van der Waals surface area contributed by atoms with Crippen molar-refractivity contribution in [2.45, 2.75) is 46.6 Å². The molecule has 0 radical (unpaired) electrons. The zero-order chi connectivity index (χ0) is 23.6. The van der Waals surface area contributed by atoms with Gasteiger partial charge in [-0.1, -0.05) is 44.2 Å². The highest BCUT2D eigenvalue weighted by molar-refractivity contribution is 7.15. The molecular formula is C23H25N7OS2. The van der Waals surface area contributed by atoms with Crippen molar-refractivity contribution in [3.8, 4) is 11.3 Å². The molecule has 33 heavy (non-hydrogen) atoms. The van der Waals surface area contributed by atoms with Crippen molar-refractivity contribution in [1.82, 2.24) is 30.5 Å². The maximum absolute atomic E-state index is 12.6. The van der Waals surface area contributed by atoms with Gasteiger partial charge in [0, 0.05) is 23.7 Å². The van der Waals surface area contributed by atoms with Gasteiger partial charge in [0.2, 0.25) is 11.1 Å². The van der Waals surface area contributed by atoms with Crippen LogP contribution in [0.4, 0.5) is 11.1 Å². The lowest BCUT2D eigenvalue weighted by Gasteiger charge is -2.13. The highest BCUT2D eigenvalue weighted by atomic mass is 32.1. The molecule has 8 nitrogen and oxygen atoms in total. The minimum atomic E-state index is -0.107. The van der Waals surface area contributed by atoms with Gasteiger partial charge in [-0.2, -0.15) is 0 Å². The van der Waals surface area contributed by atoms with E-state index in [4.69, 9.17) is 0 Å². The number of rotatable bonds is 6. The lowest BCUT2D eigenvalue weighted by atomic mass is 9.98. The number of anilines is 2. The summed E-state index contributed by atoms with van der Waals surface area (Å²) in [5.74, 6) is 0.363. The van der Waals surface area contributed by atoms with Crippen LogP contribution in [0.25, 0.3) is 11.3 Å². The van der Waals surface area contributed by atoms with Gasteiger partial charge in [-0.25, -0.2) is 15.0 Å². The number of carbonyl (C=O) groups excluding carboxylic acids is 1. The number of nitrogens with one attached hydrogen (secondary N) is 2. The van der Waals surface area contributed by atoms with Crippen LogP contribution in [0.2, 0.25) is 0 Å². The molecule has 0 aliphatic rings. The fraction of sp³-hybridized carbons (Fsp3) is 0.304. The fourth-order valence-electron chi connectivity index (χ4n) is 3.06. The molecule has 10 heteroatoms.